The molecule has 0 aromatic carbocycles. The highest BCUT2D eigenvalue weighted by atomic mass is 35.5. The molecule has 0 fully saturated rings. The van der Waals surface area contributed by atoms with Crippen molar-refractivity contribution in [2.45, 2.75) is 19.6 Å². The average Bonchev–Trinajstić information content (AvgIpc) is 2.34. The molecule has 11 heavy (non-hydrogen) atoms. The van der Waals surface area contributed by atoms with Crippen molar-refractivity contribution in [1.82, 2.24) is 9.97 Å². The highest BCUT2D eigenvalue weighted by molar-refractivity contribution is 6.30. The van der Waals surface area contributed by atoms with Crippen LogP contribution in [0.4, 0.5) is 0 Å². The van der Waals surface area contributed by atoms with Gasteiger partial charge in [-0.1, -0.05) is 11.6 Å². The Morgan fingerprint density at radius 2 is 2.45 bits per heavy atom. The quantitative estimate of drug-likeness (QED) is 0.556. The second-order valence-corrected chi connectivity index (χ2v) is 2.84. The molecule has 0 bridgehead atoms. The zero-order valence-electron chi connectivity index (χ0n) is 6.04. The van der Waals surface area contributed by atoms with E-state index in [4.69, 9.17) is 16.3 Å². The lowest BCUT2D eigenvalue weighted by Crippen LogP contribution is -1.93. The largest absolute Gasteiger partial charge is 0.367 e. The third kappa shape index (κ3) is 1.01. The Morgan fingerprint density at radius 1 is 1.64 bits per heavy atom. The Kier molecular flexibility index (Phi) is 1.55. The Morgan fingerprint density at radius 3 is 3.18 bits per heavy atom. The van der Waals surface area contributed by atoms with E-state index in [1.165, 1.54) is 6.33 Å². The Bertz CT molecular complexity index is 290. The van der Waals surface area contributed by atoms with Crippen molar-refractivity contribution in [1.29, 1.82) is 0 Å². The summed E-state index contributed by atoms with van der Waals surface area (Å²) in [4.78, 5) is 7.93. The minimum Gasteiger partial charge on any atom is -0.367 e. The van der Waals surface area contributed by atoms with Crippen molar-refractivity contribution in [2.24, 2.45) is 0 Å². The summed E-state index contributed by atoms with van der Waals surface area (Å²) in [6.45, 7) is 2.50. The second kappa shape index (κ2) is 2.43. The molecule has 1 unspecified atom stereocenters. The minimum atomic E-state index is 0.0405. The van der Waals surface area contributed by atoms with Crippen LogP contribution in [0.2, 0.25) is 5.15 Å². The fraction of sp³-hybridized carbons (Fsp3) is 0.429. The van der Waals surface area contributed by atoms with Gasteiger partial charge in [0.1, 0.15) is 11.5 Å². The van der Waals surface area contributed by atoms with E-state index in [2.05, 4.69) is 9.97 Å². The Labute approximate surface area is 69.4 Å². The van der Waals surface area contributed by atoms with Gasteiger partial charge in [-0.05, 0) is 6.92 Å². The first-order chi connectivity index (χ1) is 5.29. The number of ether oxygens (including phenoxy) is 1. The van der Waals surface area contributed by atoms with Crippen molar-refractivity contribution in [2.75, 3.05) is 0 Å². The number of aromatic nitrogens is 2. The Hall–Kier alpha value is -0.670. The van der Waals surface area contributed by atoms with E-state index in [0.29, 0.717) is 11.8 Å². The van der Waals surface area contributed by atoms with Crippen molar-refractivity contribution < 1.29 is 4.74 Å². The van der Waals surface area contributed by atoms with E-state index >= 15 is 0 Å². The van der Waals surface area contributed by atoms with Gasteiger partial charge in [-0.2, -0.15) is 0 Å². The molecular formula is C7H7ClN2O. The van der Waals surface area contributed by atoms with Gasteiger partial charge < -0.3 is 4.74 Å². The van der Waals surface area contributed by atoms with Crippen LogP contribution in [-0.4, -0.2) is 9.97 Å². The van der Waals surface area contributed by atoms with Gasteiger partial charge in [0.15, 0.2) is 0 Å². The summed E-state index contributed by atoms with van der Waals surface area (Å²) in [5.74, 6) is 0. The molecule has 2 rings (SSSR count). The van der Waals surface area contributed by atoms with Crippen molar-refractivity contribution >= 4 is 11.6 Å². The molecule has 1 aromatic rings. The summed E-state index contributed by atoms with van der Waals surface area (Å²) in [6.07, 6.45) is 1.50. The van der Waals surface area contributed by atoms with Gasteiger partial charge in [0, 0.05) is 5.56 Å². The average molecular weight is 171 g/mol. The summed E-state index contributed by atoms with van der Waals surface area (Å²) < 4.78 is 5.32. The molecule has 58 valence electrons. The van der Waals surface area contributed by atoms with Gasteiger partial charge in [0.05, 0.1) is 18.4 Å². The fourth-order valence-corrected chi connectivity index (χ4v) is 1.52. The first kappa shape index (κ1) is 7.00. The summed E-state index contributed by atoms with van der Waals surface area (Å²) in [7, 11) is 0. The maximum atomic E-state index is 5.83. The molecule has 0 aliphatic carbocycles. The SMILES string of the molecule is CC1OCc2ncnc(Cl)c21. The molecule has 1 aliphatic rings. The van der Waals surface area contributed by atoms with Crippen LogP contribution >= 0.6 is 11.6 Å². The van der Waals surface area contributed by atoms with Crippen LogP contribution < -0.4 is 0 Å². The molecule has 0 saturated heterocycles. The van der Waals surface area contributed by atoms with Crippen molar-refractivity contribution in [3.8, 4) is 0 Å². The van der Waals surface area contributed by atoms with Gasteiger partial charge in [-0.15, -0.1) is 0 Å². The molecule has 1 aromatic heterocycles. The van der Waals surface area contributed by atoms with Gasteiger partial charge in [0.25, 0.3) is 0 Å². The smallest absolute Gasteiger partial charge is 0.138 e. The molecule has 0 radical (unpaired) electrons. The third-order valence-corrected chi connectivity index (χ3v) is 2.10. The van der Waals surface area contributed by atoms with E-state index in [1.807, 2.05) is 6.92 Å². The Balaban J connectivity index is 2.58. The predicted molar refractivity (Wildman–Crippen MR) is 40.2 cm³/mol. The molecule has 0 saturated carbocycles. The first-order valence-electron chi connectivity index (χ1n) is 3.40. The lowest BCUT2D eigenvalue weighted by atomic mass is 10.2. The summed E-state index contributed by atoms with van der Waals surface area (Å²) in [6, 6.07) is 0. The number of halogens is 1. The lowest BCUT2D eigenvalue weighted by molar-refractivity contribution is 0.0787. The summed E-state index contributed by atoms with van der Waals surface area (Å²) in [5.41, 5.74) is 1.85. The van der Waals surface area contributed by atoms with E-state index < -0.39 is 0 Å². The number of rotatable bonds is 0. The van der Waals surface area contributed by atoms with Crippen LogP contribution in [0.1, 0.15) is 24.3 Å². The molecule has 1 atom stereocenters. The van der Waals surface area contributed by atoms with Crippen molar-refractivity contribution in [3.05, 3.63) is 22.7 Å². The molecule has 3 nitrogen and oxygen atoms in total. The number of hydrogen-bond acceptors (Lipinski definition) is 3. The summed E-state index contributed by atoms with van der Waals surface area (Å²) >= 11 is 5.83. The highest BCUT2D eigenvalue weighted by Crippen LogP contribution is 2.32. The second-order valence-electron chi connectivity index (χ2n) is 2.48. The summed E-state index contributed by atoms with van der Waals surface area (Å²) in [5, 5.41) is 0.514. The number of hydrogen-bond donors (Lipinski definition) is 0. The standard InChI is InChI=1S/C7H7ClN2O/c1-4-6-5(2-11-4)9-3-10-7(6)8/h3-4H,2H2,1H3. The highest BCUT2D eigenvalue weighted by Gasteiger charge is 2.23. The van der Waals surface area contributed by atoms with E-state index in [0.717, 1.165) is 11.3 Å². The molecule has 0 spiro atoms. The van der Waals surface area contributed by atoms with Crippen LogP contribution in [0.15, 0.2) is 6.33 Å². The van der Waals surface area contributed by atoms with Crippen molar-refractivity contribution in [3.63, 3.8) is 0 Å². The van der Waals surface area contributed by atoms with Crippen LogP contribution in [0.3, 0.4) is 0 Å². The van der Waals surface area contributed by atoms with Gasteiger partial charge in [0.2, 0.25) is 0 Å². The maximum Gasteiger partial charge on any atom is 0.138 e. The van der Waals surface area contributed by atoms with Crippen LogP contribution in [0.25, 0.3) is 0 Å². The molecule has 2 heterocycles. The number of fused-ring (bicyclic) bond motifs is 1. The van der Waals surface area contributed by atoms with Crippen LogP contribution in [0.5, 0.6) is 0 Å². The normalized spacial score (nSPS) is 21.8. The van der Waals surface area contributed by atoms with E-state index in [1.54, 1.807) is 0 Å². The first-order valence-corrected chi connectivity index (χ1v) is 3.77. The van der Waals surface area contributed by atoms with Gasteiger partial charge >= 0.3 is 0 Å². The fourth-order valence-electron chi connectivity index (χ4n) is 1.21. The topological polar surface area (TPSA) is 35.0 Å². The minimum absolute atomic E-state index is 0.0405. The molecule has 0 N–H and O–H groups in total. The molecular weight excluding hydrogens is 164 g/mol. The maximum absolute atomic E-state index is 5.83. The molecule has 0 amide bonds. The number of nitrogens with zero attached hydrogens (tertiary/aromatic N) is 2. The monoisotopic (exact) mass is 170 g/mol. The van der Waals surface area contributed by atoms with Crippen LogP contribution in [0, 0.1) is 0 Å². The van der Waals surface area contributed by atoms with Gasteiger partial charge in [-0.3, -0.25) is 0 Å². The van der Waals surface area contributed by atoms with E-state index in [-0.39, 0.29) is 6.10 Å². The molecule has 1 aliphatic heterocycles. The van der Waals surface area contributed by atoms with Gasteiger partial charge in [-0.25, -0.2) is 9.97 Å². The molecule has 4 heteroatoms. The zero-order valence-corrected chi connectivity index (χ0v) is 6.80. The zero-order chi connectivity index (χ0) is 7.84. The lowest BCUT2D eigenvalue weighted by Gasteiger charge is -2.02. The third-order valence-electron chi connectivity index (χ3n) is 1.79. The van der Waals surface area contributed by atoms with E-state index in [9.17, 15) is 0 Å². The van der Waals surface area contributed by atoms with Crippen LogP contribution in [-0.2, 0) is 11.3 Å². The predicted octanol–water partition coefficient (Wildman–Crippen LogP) is 1.72.